The number of ether oxygens (including phenoxy) is 4. The number of hydrogen-bond donors (Lipinski definition) is 2. The van der Waals surface area contributed by atoms with Crippen LogP contribution in [-0.2, 0) is 13.0 Å². The van der Waals surface area contributed by atoms with Gasteiger partial charge in [0.05, 0.1) is 13.7 Å². The highest BCUT2D eigenvalue weighted by molar-refractivity contribution is 14.0. The molecule has 0 atom stereocenters. The first kappa shape index (κ1) is 24.8. The molecule has 0 amide bonds. The first-order valence-electron chi connectivity index (χ1n) is 9.62. The Kier molecular flexibility index (Phi) is 9.89. The largest absolute Gasteiger partial charge is 0.496 e. The lowest BCUT2D eigenvalue weighted by Crippen LogP contribution is -2.38. The van der Waals surface area contributed by atoms with Crippen molar-refractivity contribution in [2.75, 3.05) is 27.0 Å². The molecule has 0 unspecified atom stereocenters. The number of methoxy groups -OCH3 is 1. The zero-order chi connectivity index (χ0) is 21.3. The van der Waals surface area contributed by atoms with E-state index in [0.29, 0.717) is 36.1 Å². The number of nitrogens with one attached hydrogen (secondary N) is 2. The maximum Gasteiger partial charge on any atom is 0.387 e. The molecule has 0 aliphatic carbocycles. The molecule has 0 bridgehead atoms. The number of alkyl halides is 2. The lowest BCUT2D eigenvalue weighted by atomic mass is 10.1. The van der Waals surface area contributed by atoms with Crippen molar-refractivity contribution in [1.29, 1.82) is 0 Å². The second-order valence-electron chi connectivity index (χ2n) is 6.38. The maximum absolute atomic E-state index is 12.8. The summed E-state index contributed by atoms with van der Waals surface area (Å²) in [5.41, 5.74) is 1.55. The van der Waals surface area contributed by atoms with Gasteiger partial charge in [0.2, 0.25) is 6.79 Å². The van der Waals surface area contributed by atoms with E-state index in [1.165, 1.54) is 6.07 Å². The molecule has 3 rings (SSSR count). The Hall–Kier alpha value is -2.50. The van der Waals surface area contributed by atoms with E-state index >= 15 is 0 Å². The number of hydrogen-bond acceptors (Lipinski definition) is 5. The van der Waals surface area contributed by atoms with Gasteiger partial charge in [0.25, 0.3) is 0 Å². The summed E-state index contributed by atoms with van der Waals surface area (Å²) in [7, 11) is 1.64. The van der Waals surface area contributed by atoms with Gasteiger partial charge in [-0.15, -0.1) is 24.0 Å². The highest BCUT2D eigenvalue weighted by atomic mass is 127. The second-order valence-corrected chi connectivity index (χ2v) is 6.38. The molecule has 1 heterocycles. The van der Waals surface area contributed by atoms with Crippen LogP contribution < -0.4 is 29.6 Å². The van der Waals surface area contributed by atoms with Crippen LogP contribution in [0.5, 0.6) is 23.0 Å². The number of fused-ring (bicyclic) bond motifs is 1. The van der Waals surface area contributed by atoms with Gasteiger partial charge in [-0.3, -0.25) is 0 Å². The number of benzene rings is 2. The van der Waals surface area contributed by atoms with Crippen molar-refractivity contribution in [1.82, 2.24) is 10.6 Å². The zero-order valence-corrected chi connectivity index (χ0v) is 19.7. The molecule has 1 aliphatic heterocycles. The Morgan fingerprint density at radius 3 is 2.55 bits per heavy atom. The van der Waals surface area contributed by atoms with Gasteiger partial charge < -0.3 is 29.6 Å². The molecule has 2 aromatic carbocycles. The van der Waals surface area contributed by atoms with Crippen LogP contribution in [0.4, 0.5) is 8.78 Å². The number of halogens is 3. The molecular weight excluding hydrogens is 523 g/mol. The normalized spacial score (nSPS) is 12.4. The topological polar surface area (TPSA) is 73.3 Å². The smallest absolute Gasteiger partial charge is 0.387 e. The van der Waals surface area contributed by atoms with Crippen LogP contribution in [0, 0.1) is 0 Å². The highest BCUT2D eigenvalue weighted by Crippen LogP contribution is 2.39. The summed E-state index contributed by atoms with van der Waals surface area (Å²) in [4.78, 5) is 4.49. The average molecular weight is 549 g/mol. The van der Waals surface area contributed by atoms with Crippen LogP contribution in [0.1, 0.15) is 18.1 Å². The minimum atomic E-state index is -2.94. The predicted molar refractivity (Wildman–Crippen MR) is 124 cm³/mol. The molecule has 31 heavy (non-hydrogen) atoms. The third kappa shape index (κ3) is 7.01. The molecule has 0 saturated heterocycles. The summed E-state index contributed by atoms with van der Waals surface area (Å²) < 4.78 is 46.2. The zero-order valence-electron chi connectivity index (χ0n) is 17.3. The summed E-state index contributed by atoms with van der Waals surface area (Å²) in [6, 6.07) is 10.8. The van der Waals surface area contributed by atoms with E-state index in [1.807, 2.05) is 31.2 Å². The summed E-state index contributed by atoms with van der Waals surface area (Å²) in [5, 5.41) is 6.38. The van der Waals surface area contributed by atoms with E-state index in [1.54, 1.807) is 13.2 Å². The molecule has 1 aliphatic rings. The molecular formula is C21H26F2IN3O4. The molecule has 7 nitrogen and oxygen atoms in total. The fraction of sp³-hybridized carbons (Fsp3) is 0.381. The van der Waals surface area contributed by atoms with Gasteiger partial charge >= 0.3 is 6.61 Å². The Morgan fingerprint density at radius 1 is 1.10 bits per heavy atom. The van der Waals surface area contributed by atoms with Crippen molar-refractivity contribution < 1.29 is 27.7 Å². The van der Waals surface area contributed by atoms with Crippen molar-refractivity contribution >= 4 is 29.9 Å². The fourth-order valence-corrected chi connectivity index (χ4v) is 3.03. The molecule has 0 saturated carbocycles. The van der Waals surface area contributed by atoms with E-state index in [4.69, 9.17) is 14.2 Å². The van der Waals surface area contributed by atoms with Gasteiger partial charge in [-0.25, -0.2) is 4.99 Å². The standard InChI is InChI=1S/C21H25F2N3O4.HI/c1-3-24-21(25-9-8-14-6-4-5-7-16(14)27-2)26-12-15-10-18-19(29-13-28-18)11-17(15)30-20(22)23;/h4-7,10-11,20H,3,8-9,12-13H2,1-2H3,(H2,24,25,26);1H. The first-order valence-corrected chi connectivity index (χ1v) is 9.62. The van der Waals surface area contributed by atoms with Crippen molar-refractivity contribution in [3.05, 3.63) is 47.5 Å². The van der Waals surface area contributed by atoms with Crippen LogP contribution >= 0.6 is 24.0 Å². The number of guanidine groups is 1. The van der Waals surface area contributed by atoms with Crippen molar-refractivity contribution in [3.8, 4) is 23.0 Å². The third-order valence-corrected chi connectivity index (χ3v) is 4.40. The number of para-hydroxylation sites is 1. The Bertz CT molecular complexity index is 884. The second kappa shape index (κ2) is 12.4. The fourth-order valence-electron chi connectivity index (χ4n) is 3.03. The number of rotatable bonds is 9. The van der Waals surface area contributed by atoms with Crippen LogP contribution in [0.2, 0.25) is 0 Å². The minimum Gasteiger partial charge on any atom is -0.496 e. The maximum atomic E-state index is 12.8. The van der Waals surface area contributed by atoms with E-state index < -0.39 is 6.61 Å². The SMILES string of the molecule is CCNC(=NCc1cc2c(cc1OC(F)F)OCO2)NCCc1ccccc1OC.I. The molecule has 10 heteroatoms. The van der Waals surface area contributed by atoms with Crippen LogP contribution in [-0.4, -0.2) is 39.6 Å². The van der Waals surface area contributed by atoms with Crippen molar-refractivity contribution in [3.63, 3.8) is 0 Å². The molecule has 2 N–H and O–H groups in total. The quantitative estimate of drug-likeness (QED) is 0.281. The lowest BCUT2D eigenvalue weighted by molar-refractivity contribution is -0.0505. The average Bonchev–Trinajstić information content (AvgIpc) is 3.19. The monoisotopic (exact) mass is 549 g/mol. The van der Waals surface area contributed by atoms with Crippen LogP contribution in [0.3, 0.4) is 0 Å². The number of nitrogens with zero attached hydrogens (tertiary/aromatic N) is 1. The molecule has 0 aromatic heterocycles. The van der Waals surface area contributed by atoms with Crippen LogP contribution in [0.15, 0.2) is 41.4 Å². The first-order chi connectivity index (χ1) is 14.6. The third-order valence-electron chi connectivity index (χ3n) is 4.40. The van der Waals surface area contributed by atoms with E-state index in [9.17, 15) is 8.78 Å². The van der Waals surface area contributed by atoms with Crippen LogP contribution in [0.25, 0.3) is 0 Å². The minimum absolute atomic E-state index is 0. The van der Waals surface area contributed by atoms with Gasteiger partial charge in [0, 0.05) is 24.7 Å². The van der Waals surface area contributed by atoms with E-state index in [0.717, 1.165) is 17.7 Å². The van der Waals surface area contributed by atoms with Crippen molar-refractivity contribution in [2.45, 2.75) is 26.5 Å². The van der Waals surface area contributed by atoms with E-state index in [-0.39, 0.29) is 43.1 Å². The van der Waals surface area contributed by atoms with Gasteiger partial charge in [0.1, 0.15) is 11.5 Å². The number of aliphatic imine (C=N–C) groups is 1. The Labute approximate surface area is 197 Å². The van der Waals surface area contributed by atoms with Gasteiger partial charge in [-0.2, -0.15) is 8.78 Å². The molecule has 0 spiro atoms. The highest BCUT2D eigenvalue weighted by Gasteiger charge is 2.20. The van der Waals surface area contributed by atoms with E-state index in [2.05, 4.69) is 20.4 Å². The summed E-state index contributed by atoms with van der Waals surface area (Å²) in [6.45, 7) is 0.450. The van der Waals surface area contributed by atoms with Gasteiger partial charge in [-0.05, 0) is 31.0 Å². The lowest BCUT2D eigenvalue weighted by Gasteiger charge is -2.14. The predicted octanol–water partition coefficient (Wildman–Crippen LogP) is 3.94. The van der Waals surface area contributed by atoms with Crippen molar-refractivity contribution in [2.24, 2.45) is 4.99 Å². The van der Waals surface area contributed by atoms with Gasteiger partial charge in [0.15, 0.2) is 17.5 Å². The van der Waals surface area contributed by atoms with Gasteiger partial charge in [-0.1, -0.05) is 18.2 Å². The summed E-state index contributed by atoms with van der Waals surface area (Å²) >= 11 is 0. The molecule has 0 fully saturated rings. The Balaban J connectivity index is 0.00000341. The molecule has 170 valence electrons. The summed E-state index contributed by atoms with van der Waals surface area (Å²) in [5.74, 6) is 2.27. The summed E-state index contributed by atoms with van der Waals surface area (Å²) in [6.07, 6.45) is 0.734. The molecule has 2 aromatic rings. The molecule has 0 radical (unpaired) electrons. The Morgan fingerprint density at radius 2 is 1.84 bits per heavy atom.